The van der Waals surface area contributed by atoms with Crippen molar-refractivity contribution in [2.45, 2.75) is 33.7 Å². The van der Waals surface area contributed by atoms with Crippen LogP contribution in [0.4, 0.5) is 0 Å². The Bertz CT molecular complexity index is 750. The summed E-state index contributed by atoms with van der Waals surface area (Å²) in [6.45, 7) is 10.1. The van der Waals surface area contributed by atoms with Gasteiger partial charge in [-0.3, -0.25) is 5.10 Å². The standard InChI is InChI=1S/C19H28N6O/c1-5-20-18(25-11-10-19(2,3)13-25)21-12-16-22-17(24-23-16)14-6-8-15(26-4)9-7-14/h6-9H,5,10-13H2,1-4H3,(H,20,21)(H,22,23,24). The van der Waals surface area contributed by atoms with E-state index in [2.05, 4.69) is 46.2 Å². The SMILES string of the molecule is CCNC(=NCc1nc(-c2ccc(OC)cc2)n[nH]1)N1CCC(C)(C)C1. The number of ether oxygens (including phenoxy) is 1. The molecule has 1 aromatic heterocycles. The fraction of sp³-hybridized carbons (Fsp3) is 0.526. The maximum Gasteiger partial charge on any atom is 0.194 e. The molecule has 7 heteroatoms. The van der Waals surface area contributed by atoms with Gasteiger partial charge >= 0.3 is 0 Å². The monoisotopic (exact) mass is 356 g/mol. The van der Waals surface area contributed by atoms with E-state index in [1.54, 1.807) is 7.11 Å². The average Bonchev–Trinajstić information content (AvgIpc) is 3.25. The normalized spacial score (nSPS) is 16.8. The molecule has 2 aromatic rings. The van der Waals surface area contributed by atoms with Crippen LogP contribution in [0.3, 0.4) is 0 Å². The first-order chi connectivity index (χ1) is 12.5. The number of nitrogens with zero attached hydrogens (tertiary/aromatic N) is 4. The van der Waals surface area contributed by atoms with E-state index in [9.17, 15) is 0 Å². The molecule has 0 unspecified atom stereocenters. The lowest BCUT2D eigenvalue weighted by Crippen LogP contribution is -2.40. The van der Waals surface area contributed by atoms with E-state index in [1.807, 2.05) is 24.3 Å². The molecular formula is C19H28N6O. The number of aromatic nitrogens is 3. The summed E-state index contributed by atoms with van der Waals surface area (Å²) in [6.07, 6.45) is 1.18. The molecule has 3 rings (SSSR count). The van der Waals surface area contributed by atoms with Crippen LogP contribution < -0.4 is 10.1 Å². The maximum absolute atomic E-state index is 5.18. The van der Waals surface area contributed by atoms with Crippen molar-refractivity contribution in [1.82, 2.24) is 25.4 Å². The highest BCUT2D eigenvalue weighted by molar-refractivity contribution is 5.80. The van der Waals surface area contributed by atoms with Crippen LogP contribution in [0.25, 0.3) is 11.4 Å². The number of hydrogen-bond donors (Lipinski definition) is 2. The number of methoxy groups -OCH3 is 1. The lowest BCUT2D eigenvalue weighted by Gasteiger charge is -2.23. The van der Waals surface area contributed by atoms with Crippen molar-refractivity contribution >= 4 is 5.96 Å². The third-order valence-corrected chi connectivity index (χ3v) is 4.57. The Morgan fingerprint density at radius 1 is 1.35 bits per heavy atom. The minimum absolute atomic E-state index is 0.337. The molecule has 0 radical (unpaired) electrons. The number of H-pyrrole nitrogens is 1. The zero-order chi connectivity index (χ0) is 18.6. The van der Waals surface area contributed by atoms with Gasteiger partial charge in [0, 0.05) is 25.2 Å². The highest BCUT2D eigenvalue weighted by Gasteiger charge is 2.30. The van der Waals surface area contributed by atoms with Crippen LogP contribution in [0.1, 0.15) is 33.0 Å². The number of likely N-dealkylation sites (tertiary alicyclic amines) is 1. The van der Waals surface area contributed by atoms with Crippen molar-refractivity contribution in [3.05, 3.63) is 30.1 Å². The minimum atomic E-state index is 0.337. The summed E-state index contributed by atoms with van der Waals surface area (Å²) in [7, 11) is 1.65. The molecule has 0 atom stereocenters. The lowest BCUT2D eigenvalue weighted by molar-refractivity contribution is 0.370. The van der Waals surface area contributed by atoms with E-state index in [0.29, 0.717) is 17.8 Å². The van der Waals surface area contributed by atoms with E-state index in [1.165, 1.54) is 6.42 Å². The second-order valence-corrected chi connectivity index (χ2v) is 7.34. The van der Waals surface area contributed by atoms with Crippen LogP contribution in [-0.4, -0.2) is 52.8 Å². The number of hydrogen-bond acceptors (Lipinski definition) is 4. The fourth-order valence-electron chi connectivity index (χ4n) is 3.10. The van der Waals surface area contributed by atoms with E-state index in [4.69, 9.17) is 9.73 Å². The Morgan fingerprint density at radius 2 is 2.12 bits per heavy atom. The van der Waals surface area contributed by atoms with E-state index in [-0.39, 0.29) is 0 Å². The van der Waals surface area contributed by atoms with Crippen LogP contribution in [0.5, 0.6) is 5.75 Å². The minimum Gasteiger partial charge on any atom is -0.497 e. The quantitative estimate of drug-likeness (QED) is 0.636. The molecule has 1 saturated heterocycles. The first-order valence-corrected chi connectivity index (χ1v) is 9.10. The van der Waals surface area contributed by atoms with E-state index >= 15 is 0 Å². The van der Waals surface area contributed by atoms with Crippen LogP contribution >= 0.6 is 0 Å². The molecule has 1 aromatic carbocycles. The van der Waals surface area contributed by atoms with Crippen molar-refractivity contribution in [3.63, 3.8) is 0 Å². The largest absolute Gasteiger partial charge is 0.497 e. The van der Waals surface area contributed by atoms with Gasteiger partial charge in [0.25, 0.3) is 0 Å². The Morgan fingerprint density at radius 3 is 2.73 bits per heavy atom. The smallest absolute Gasteiger partial charge is 0.194 e. The number of aliphatic imine (C=N–C) groups is 1. The summed E-state index contributed by atoms with van der Waals surface area (Å²) in [4.78, 5) is 11.6. The first-order valence-electron chi connectivity index (χ1n) is 9.10. The summed E-state index contributed by atoms with van der Waals surface area (Å²) in [5.74, 6) is 3.19. The first kappa shape index (κ1) is 18.2. The second kappa shape index (κ2) is 7.76. The Hall–Kier alpha value is -2.57. The Balaban J connectivity index is 1.69. The summed E-state index contributed by atoms with van der Waals surface area (Å²) >= 11 is 0. The molecule has 0 bridgehead atoms. The van der Waals surface area contributed by atoms with Gasteiger partial charge in [-0.2, -0.15) is 5.10 Å². The summed E-state index contributed by atoms with van der Waals surface area (Å²) in [5.41, 5.74) is 1.29. The van der Waals surface area contributed by atoms with Gasteiger partial charge in [-0.05, 0) is 43.0 Å². The van der Waals surface area contributed by atoms with Gasteiger partial charge < -0.3 is 15.0 Å². The molecule has 140 valence electrons. The van der Waals surface area contributed by atoms with Crippen molar-refractivity contribution in [3.8, 4) is 17.1 Å². The molecule has 2 N–H and O–H groups in total. The van der Waals surface area contributed by atoms with E-state index < -0.39 is 0 Å². The highest BCUT2D eigenvalue weighted by atomic mass is 16.5. The van der Waals surface area contributed by atoms with Crippen molar-refractivity contribution in [2.75, 3.05) is 26.7 Å². The second-order valence-electron chi connectivity index (χ2n) is 7.34. The molecule has 1 fully saturated rings. The van der Waals surface area contributed by atoms with Gasteiger partial charge in [0.15, 0.2) is 11.8 Å². The molecule has 0 amide bonds. The maximum atomic E-state index is 5.18. The van der Waals surface area contributed by atoms with Crippen molar-refractivity contribution in [1.29, 1.82) is 0 Å². The number of benzene rings is 1. The molecule has 7 nitrogen and oxygen atoms in total. The van der Waals surface area contributed by atoms with Gasteiger partial charge in [-0.25, -0.2) is 9.98 Å². The number of rotatable bonds is 5. The molecular weight excluding hydrogens is 328 g/mol. The summed E-state index contributed by atoms with van der Waals surface area (Å²) in [5, 5.41) is 10.7. The lowest BCUT2D eigenvalue weighted by atomic mass is 9.93. The number of nitrogens with one attached hydrogen (secondary N) is 2. The van der Waals surface area contributed by atoms with Crippen LogP contribution in [0.2, 0.25) is 0 Å². The van der Waals surface area contributed by atoms with Crippen molar-refractivity contribution in [2.24, 2.45) is 10.4 Å². The molecule has 0 spiro atoms. The number of guanidine groups is 1. The van der Waals surface area contributed by atoms with Crippen LogP contribution in [0, 0.1) is 5.41 Å². The molecule has 1 aliphatic heterocycles. The molecule has 2 heterocycles. The molecule has 0 aliphatic carbocycles. The van der Waals surface area contributed by atoms with Crippen molar-refractivity contribution < 1.29 is 4.74 Å². The predicted octanol–water partition coefficient (Wildman–Crippen LogP) is 2.68. The summed E-state index contributed by atoms with van der Waals surface area (Å²) in [6, 6.07) is 7.71. The van der Waals surface area contributed by atoms with Gasteiger partial charge in [0.1, 0.15) is 18.1 Å². The Kier molecular flexibility index (Phi) is 5.44. The van der Waals surface area contributed by atoms with Crippen LogP contribution in [0.15, 0.2) is 29.3 Å². The van der Waals surface area contributed by atoms with Crippen LogP contribution in [-0.2, 0) is 6.54 Å². The highest BCUT2D eigenvalue weighted by Crippen LogP contribution is 2.28. The Labute approximate surface area is 154 Å². The molecule has 1 aliphatic rings. The topological polar surface area (TPSA) is 78.4 Å². The third-order valence-electron chi connectivity index (χ3n) is 4.57. The van der Waals surface area contributed by atoms with Gasteiger partial charge in [0.05, 0.1) is 7.11 Å². The predicted molar refractivity (Wildman–Crippen MR) is 103 cm³/mol. The zero-order valence-corrected chi connectivity index (χ0v) is 16.0. The van der Waals surface area contributed by atoms with Gasteiger partial charge in [-0.1, -0.05) is 13.8 Å². The summed E-state index contributed by atoms with van der Waals surface area (Å²) < 4.78 is 5.18. The average molecular weight is 356 g/mol. The molecule has 26 heavy (non-hydrogen) atoms. The number of aromatic amines is 1. The van der Waals surface area contributed by atoms with Gasteiger partial charge in [-0.15, -0.1) is 0 Å². The third kappa shape index (κ3) is 4.33. The zero-order valence-electron chi connectivity index (χ0n) is 16.0. The van der Waals surface area contributed by atoms with E-state index in [0.717, 1.165) is 42.7 Å². The van der Waals surface area contributed by atoms with Gasteiger partial charge in [0.2, 0.25) is 0 Å². The fourth-order valence-corrected chi connectivity index (χ4v) is 3.10. The molecule has 0 saturated carbocycles.